The van der Waals surface area contributed by atoms with Gasteiger partial charge in [-0.3, -0.25) is 4.79 Å². The van der Waals surface area contributed by atoms with Crippen LogP contribution >= 0.6 is 11.3 Å². The van der Waals surface area contributed by atoms with Crippen molar-refractivity contribution in [3.8, 4) is 17.1 Å². The van der Waals surface area contributed by atoms with Crippen molar-refractivity contribution >= 4 is 29.0 Å². The van der Waals surface area contributed by atoms with E-state index in [4.69, 9.17) is 0 Å². The lowest BCUT2D eigenvalue weighted by molar-refractivity contribution is -0.112. The van der Waals surface area contributed by atoms with E-state index in [0.29, 0.717) is 11.1 Å². The average Bonchev–Trinajstić information content (AvgIpc) is 3.15. The van der Waals surface area contributed by atoms with Gasteiger partial charge in [-0.05, 0) is 63.1 Å². The minimum Gasteiger partial charge on any atom is -0.319 e. The topological polar surface area (TPSA) is 81.6 Å². The van der Waals surface area contributed by atoms with Crippen LogP contribution in [0.2, 0.25) is 0 Å². The van der Waals surface area contributed by atoms with Crippen molar-refractivity contribution in [2.45, 2.75) is 27.7 Å². The summed E-state index contributed by atoms with van der Waals surface area (Å²) in [5.74, 6) is -1.26. The highest BCUT2D eigenvalue weighted by molar-refractivity contribution is 7.14. The number of nitrogens with one attached hydrogen (secondary N) is 1. The Morgan fingerprint density at radius 2 is 1.90 bits per heavy atom. The van der Waals surface area contributed by atoms with Crippen LogP contribution in [0.3, 0.4) is 0 Å². The van der Waals surface area contributed by atoms with Crippen LogP contribution in [0.4, 0.5) is 10.1 Å². The lowest BCUT2D eigenvalue weighted by atomic mass is 10.1. The zero-order valence-corrected chi connectivity index (χ0v) is 17.8. The Labute approximate surface area is 178 Å². The number of hydrogen-bond donors (Lipinski definition) is 1. The highest BCUT2D eigenvalue weighted by atomic mass is 32.1. The van der Waals surface area contributed by atoms with Gasteiger partial charge in [0.1, 0.15) is 28.5 Å². The van der Waals surface area contributed by atoms with Crippen molar-refractivity contribution in [2.75, 3.05) is 5.32 Å². The number of amides is 1. The molecule has 5 nitrogen and oxygen atoms in total. The summed E-state index contributed by atoms with van der Waals surface area (Å²) in [7, 11) is 0. The van der Waals surface area contributed by atoms with E-state index in [2.05, 4.69) is 11.4 Å². The smallest absolute Gasteiger partial charge is 0.266 e. The monoisotopic (exact) mass is 418 g/mol. The number of nitriles is 2. The molecule has 1 amide bonds. The van der Waals surface area contributed by atoms with Gasteiger partial charge in [0.15, 0.2) is 0 Å². The lowest BCUT2D eigenvalue weighted by Crippen LogP contribution is -2.14. The van der Waals surface area contributed by atoms with E-state index in [1.807, 2.05) is 44.4 Å². The first-order chi connectivity index (χ1) is 14.3. The average molecular weight is 418 g/mol. The Morgan fingerprint density at radius 3 is 2.53 bits per heavy atom. The van der Waals surface area contributed by atoms with Gasteiger partial charge in [-0.15, -0.1) is 11.3 Å². The molecule has 1 N–H and O–H groups in total. The predicted octanol–water partition coefficient (Wildman–Crippen LogP) is 5.33. The molecule has 0 aliphatic carbocycles. The van der Waals surface area contributed by atoms with E-state index in [1.54, 1.807) is 6.07 Å². The molecule has 2 heterocycles. The third kappa shape index (κ3) is 3.76. The van der Waals surface area contributed by atoms with E-state index in [9.17, 15) is 19.7 Å². The second-order valence-electron chi connectivity index (χ2n) is 6.84. The molecule has 0 bridgehead atoms. The number of halogens is 1. The highest BCUT2D eigenvalue weighted by Crippen LogP contribution is 2.34. The molecule has 3 rings (SSSR count). The van der Waals surface area contributed by atoms with Crippen molar-refractivity contribution in [1.82, 2.24) is 4.57 Å². The van der Waals surface area contributed by atoms with Crippen LogP contribution in [0.5, 0.6) is 0 Å². The third-order valence-corrected chi connectivity index (χ3v) is 6.13. The van der Waals surface area contributed by atoms with Gasteiger partial charge >= 0.3 is 0 Å². The van der Waals surface area contributed by atoms with Gasteiger partial charge in [0.05, 0.1) is 11.3 Å². The maximum absolute atomic E-state index is 13.8. The Hall–Kier alpha value is -3.68. The van der Waals surface area contributed by atoms with Crippen molar-refractivity contribution in [3.63, 3.8) is 0 Å². The number of carbonyl (C=O) groups is 1. The fraction of sp³-hybridized carbons (Fsp3) is 0.174. The molecule has 0 radical (unpaired) electrons. The zero-order chi connectivity index (χ0) is 22.0. The summed E-state index contributed by atoms with van der Waals surface area (Å²) in [6.07, 6.45) is 1.48. The fourth-order valence-corrected chi connectivity index (χ4v) is 4.42. The number of rotatable bonds is 4. The molecule has 0 saturated heterocycles. The van der Waals surface area contributed by atoms with Gasteiger partial charge < -0.3 is 9.88 Å². The molecule has 7 heteroatoms. The maximum Gasteiger partial charge on any atom is 0.266 e. The molecule has 0 atom stereocenters. The highest BCUT2D eigenvalue weighted by Gasteiger charge is 2.19. The number of carbonyl (C=O) groups excluding carboxylic acids is 1. The van der Waals surface area contributed by atoms with E-state index in [-0.39, 0.29) is 11.3 Å². The van der Waals surface area contributed by atoms with Crippen LogP contribution in [0.1, 0.15) is 33.0 Å². The van der Waals surface area contributed by atoms with Crippen LogP contribution in [0, 0.1) is 56.2 Å². The number of para-hydroxylation sites is 1. The van der Waals surface area contributed by atoms with E-state index in [0.717, 1.165) is 26.8 Å². The number of hydrogen-bond acceptors (Lipinski definition) is 4. The molecule has 0 unspecified atom stereocenters. The zero-order valence-electron chi connectivity index (χ0n) is 17.0. The molecule has 3 aromatic rings. The summed E-state index contributed by atoms with van der Waals surface area (Å²) in [5.41, 5.74) is 3.80. The second-order valence-corrected chi connectivity index (χ2v) is 8.04. The van der Waals surface area contributed by atoms with Crippen LogP contribution in [0.25, 0.3) is 11.1 Å². The van der Waals surface area contributed by atoms with Crippen LogP contribution < -0.4 is 5.32 Å². The van der Waals surface area contributed by atoms with E-state index >= 15 is 0 Å². The maximum atomic E-state index is 13.8. The molecule has 0 aliphatic rings. The minimum atomic E-state index is -0.687. The molecular formula is C23H19FN4OS. The fourth-order valence-electron chi connectivity index (χ4n) is 3.20. The van der Waals surface area contributed by atoms with Crippen molar-refractivity contribution in [2.24, 2.45) is 0 Å². The Balaban J connectivity index is 2.02. The number of nitrogens with zero attached hydrogens (tertiary/aromatic N) is 3. The summed E-state index contributed by atoms with van der Waals surface area (Å²) in [5, 5.41) is 22.3. The normalized spacial score (nSPS) is 11.1. The van der Waals surface area contributed by atoms with Gasteiger partial charge in [-0.2, -0.15) is 10.5 Å². The van der Waals surface area contributed by atoms with Gasteiger partial charge in [0.2, 0.25) is 0 Å². The molecule has 2 aromatic heterocycles. The first kappa shape index (κ1) is 21.0. The Bertz CT molecular complexity index is 1270. The summed E-state index contributed by atoms with van der Waals surface area (Å²) >= 11 is 1.53. The summed E-state index contributed by atoms with van der Waals surface area (Å²) in [4.78, 5) is 13.6. The number of thiophene rings is 1. The van der Waals surface area contributed by atoms with Gasteiger partial charge in [0, 0.05) is 16.3 Å². The van der Waals surface area contributed by atoms with Gasteiger partial charge in [0.25, 0.3) is 5.91 Å². The molecular weight excluding hydrogens is 399 g/mol. The molecule has 30 heavy (non-hydrogen) atoms. The summed E-state index contributed by atoms with van der Waals surface area (Å²) in [6, 6.07) is 11.8. The number of anilines is 1. The van der Waals surface area contributed by atoms with Gasteiger partial charge in [-0.25, -0.2) is 4.39 Å². The largest absolute Gasteiger partial charge is 0.319 e. The first-order valence-electron chi connectivity index (χ1n) is 9.15. The summed E-state index contributed by atoms with van der Waals surface area (Å²) < 4.78 is 15.8. The van der Waals surface area contributed by atoms with E-state index in [1.165, 1.54) is 35.6 Å². The lowest BCUT2D eigenvalue weighted by Gasteiger charge is -2.08. The van der Waals surface area contributed by atoms with Crippen molar-refractivity contribution < 1.29 is 9.18 Å². The van der Waals surface area contributed by atoms with Crippen LogP contribution in [0.15, 0.2) is 35.9 Å². The molecule has 0 fully saturated rings. The third-order valence-electron chi connectivity index (χ3n) is 4.94. The molecule has 150 valence electrons. The number of aromatic nitrogens is 1. The first-order valence-corrected chi connectivity index (χ1v) is 9.97. The number of aryl methyl sites for hydroxylation is 2. The minimum absolute atomic E-state index is 0.0114. The standard InChI is InChI=1S/C23H19FN4OS/c1-13-9-17(15(3)28(13)23-19(12-26)14(2)16(4)30-23)10-18(11-25)22(29)27-21-8-6-5-7-20(21)24/h5-10H,1-4H3,(H,27,29). The van der Waals surface area contributed by atoms with Crippen LogP contribution in [-0.2, 0) is 4.79 Å². The molecule has 0 saturated carbocycles. The Kier molecular flexibility index (Phi) is 5.86. The van der Waals surface area contributed by atoms with E-state index < -0.39 is 11.7 Å². The van der Waals surface area contributed by atoms with Crippen molar-refractivity contribution in [3.05, 3.63) is 74.7 Å². The SMILES string of the molecule is Cc1sc(-n2c(C)cc(C=C(C#N)C(=O)Nc3ccccc3F)c2C)c(C#N)c1C. The van der Waals surface area contributed by atoms with Crippen molar-refractivity contribution in [1.29, 1.82) is 10.5 Å². The second kappa shape index (κ2) is 8.36. The Morgan fingerprint density at radius 1 is 1.20 bits per heavy atom. The van der Waals surface area contributed by atoms with Crippen LogP contribution in [-0.4, -0.2) is 10.5 Å². The molecule has 1 aromatic carbocycles. The number of benzene rings is 1. The van der Waals surface area contributed by atoms with Gasteiger partial charge in [-0.1, -0.05) is 12.1 Å². The quantitative estimate of drug-likeness (QED) is 0.459. The molecule has 0 aliphatic heterocycles. The molecule has 0 spiro atoms. The summed E-state index contributed by atoms with van der Waals surface area (Å²) in [6.45, 7) is 7.67. The predicted molar refractivity (Wildman–Crippen MR) is 116 cm³/mol.